The van der Waals surface area contributed by atoms with E-state index in [1.807, 2.05) is 0 Å². The number of benzene rings is 1. The predicted octanol–water partition coefficient (Wildman–Crippen LogP) is 0.600. The van der Waals surface area contributed by atoms with Crippen LogP contribution >= 0.6 is 0 Å². The monoisotopic (exact) mass is 298 g/mol. The van der Waals surface area contributed by atoms with E-state index in [1.165, 1.54) is 13.0 Å². The lowest BCUT2D eigenvalue weighted by molar-refractivity contribution is 0.593. The minimum Gasteiger partial charge on any atom is -0.398 e. The Kier molecular flexibility index (Phi) is 3.45. The van der Waals surface area contributed by atoms with Gasteiger partial charge in [-0.25, -0.2) is 17.9 Å². The third-order valence-corrected chi connectivity index (χ3v) is 3.92. The molecule has 0 aliphatic rings. The molecule has 2 rings (SSSR count). The molecule has 9 heteroatoms. The third kappa shape index (κ3) is 2.77. The molecule has 4 N–H and O–H groups in total. The summed E-state index contributed by atoms with van der Waals surface area (Å²) in [6, 6.07) is 4.30. The van der Waals surface area contributed by atoms with E-state index < -0.39 is 21.4 Å². The second-order valence-electron chi connectivity index (χ2n) is 4.03. The van der Waals surface area contributed by atoms with E-state index in [2.05, 4.69) is 14.9 Å². The molecule has 0 spiro atoms. The lowest BCUT2D eigenvalue weighted by Gasteiger charge is -2.09. The minimum absolute atomic E-state index is 0.0276. The summed E-state index contributed by atoms with van der Waals surface area (Å²) in [4.78, 5) is 10.5. The molecular weight excluding hydrogens is 287 g/mol. The molecule has 0 amide bonds. The molecule has 20 heavy (non-hydrogen) atoms. The third-order valence-electron chi connectivity index (χ3n) is 2.59. The lowest BCUT2D eigenvalue weighted by atomic mass is 10.2. The van der Waals surface area contributed by atoms with E-state index >= 15 is 0 Å². The number of nitrogen functional groups attached to an aromatic ring is 1. The molecule has 0 radical (unpaired) electrons. The Bertz CT molecular complexity index is 773. The van der Waals surface area contributed by atoms with Gasteiger partial charge in [0.25, 0.3) is 15.6 Å². The van der Waals surface area contributed by atoms with Gasteiger partial charge in [0.05, 0.1) is 4.90 Å². The van der Waals surface area contributed by atoms with Crippen molar-refractivity contribution >= 4 is 21.5 Å². The maximum Gasteiger partial charge on any atom is 0.264 e. The van der Waals surface area contributed by atoms with E-state index in [4.69, 9.17) is 5.73 Å². The average Bonchev–Trinajstić information content (AvgIpc) is 2.38. The summed E-state index contributed by atoms with van der Waals surface area (Å²) in [5.41, 5.74) is 5.26. The molecule has 2 aromatic rings. The van der Waals surface area contributed by atoms with Gasteiger partial charge in [-0.05, 0) is 25.1 Å². The topological polar surface area (TPSA) is 118 Å². The fourth-order valence-corrected chi connectivity index (χ4v) is 2.47. The van der Waals surface area contributed by atoms with Gasteiger partial charge in [0.1, 0.15) is 5.82 Å². The molecular formula is C11H11FN4O3S. The minimum atomic E-state index is -4.04. The van der Waals surface area contributed by atoms with Crippen molar-refractivity contribution in [2.45, 2.75) is 11.8 Å². The fraction of sp³-hybridized carbons (Fsp3) is 0.0909. The van der Waals surface area contributed by atoms with Gasteiger partial charge in [-0.15, -0.1) is 0 Å². The highest BCUT2D eigenvalue weighted by molar-refractivity contribution is 7.92. The Balaban J connectivity index is 2.40. The van der Waals surface area contributed by atoms with Crippen LogP contribution in [0.5, 0.6) is 0 Å². The quantitative estimate of drug-likeness (QED) is 0.717. The summed E-state index contributed by atoms with van der Waals surface area (Å²) in [6.45, 7) is 1.44. The molecule has 0 saturated heterocycles. The van der Waals surface area contributed by atoms with Gasteiger partial charge in [0.2, 0.25) is 0 Å². The lowest BCUT2D eigenvalue weighted by Crippen LogP contribution is -2.17. The molecule has 0 bridgehead atoms. The van der Waals surface area contributed by atoms with E-state index in [0.717, 1.165) is 18.2 Å². The molecule has 1 heterocycles. The summed E-state index contributed by atoms with van der Waals surface area (Å²) >= 11 is 0. The average molecular weight is 298 g/mol. The Morgan fingerprint density at radius 1 is 1.35 bits per heavy atom. The van der Waals surface area contributed by atoms with Crippen molar-refractivity contribution in [1.82, 2.24) is 10.2 Å². The standard InChI is InChI=1S/C11H11FN4O3S/c1-6-8(12)4-7(5-9(6)13)20(18,19)16-10-2-3-11(17)15-14-10/h2-5H,13H2,1H3,(H,14,16)(H,15,17). The van der Waals surface area contributed by atoms with Gasteiger partial charge >= 0.3 is 0 Å². The molecule has 0 unspecified atom stereocenters. The summed E-state index contributed by atoms with van der Waals surface area (Å²) in [7, 11) is -4.04. The van der Waals surface area contributed by atoms with Crippen LogP contribution in [-0.4, -0.2) is 18.6 Å². The van der Waals surface area contributed by atoms with Crippen LogP contribution in [0.1, 0.15) is 5.56 Å². The Labute approximate surface area is 113 Å². The highest BCUT2D eigenvalue weighted by Crippen LogP contribution is 2.22. The first-order chi connectivity index (χ1) is 9.29. The molecule has 0 aliphatic carbocycles. The second-order valence-corrected chi connectivity index (χ2v) is 5.71. The van der Waals surface area contributed by atoms with Crippen molar-refractivity contribution < 1.29 is 12.8 Å². The Hall–Kier alpha value is -2.42. The maximum atomic E-state index is 13.5. The van der Waals surface area contributed by atoms with Crippen molar-refractivity contribution in [1.29, 1.82) is 0 Å². The predicted molar refractivity (Wildman–Crippen MR) is 71.2 cm³/mol. The van der Waals surface area contributed by atoms with E-state index in [0.29, 0.717) is 0 Å². The Morgan fingerprint density at radius 2 is 2.05 bits per heavy atom. The van der Waals surface area contributed by atoms with Gasteiger partial charge in [0.15, 0.2) is 5.82 Å². The van der Waals surface area contributed by atoms with E-state index in [1.54, 1.807) is 0 Å². The zero-order chi connectivity index (χ0) is 14.9. The highest BCUT2D eigenvalue weighted by atomic mass is 32.2. The molecule has 7 nitrogen and oxygen atoms in total. The van der Waals surface area contributed by atoms with Crippen LogP contribution in [0, 0.1) is 12.7 Å². The zero-order valence-electron chi connectivity index (χ0n) is 10.3. The molecule has 1 aromatic carbocycles. The van der Waals surface area contributed by atoms with Gasteiger partial charge in [-0.2, -0.15) is 5.10 Å². The molecule has 106 valence electrons. The molecule has 1 aromatic heterocycles. The first-order valence-electron chi connectivity index (χ1n) is 5.44. The van der Waals surface area contributed by atoms with Crippen molar-refractivity contribution in [2.24, 2.45) is 0 Å². The van der Waals surface area contributed by atoms with Crippen molar-refractivity contribution in [3.8, 4) is 0 Å². The van der Waals surface area contributed by atoms with Crippen LogP contribution in [0.3, 0.4) is 0 Å². The number of aromatic nitrogens is 2. The number of nitrogens with zero attached hydrogens (tertiary/aromatic N) is 1. The van der Waals surface area contributed by atoms with Crippen LogP contribution in [0.15, 0.2) is 34.0 Å². The first kappa shape index (κ1) is 14.0. The Morgan fingerprint density at radius 3 is 2.60 bits per heavy atom. The summed E-state index contributed by atoms with van der Waals surface area (Å²) in [6.07, 6.45) is 0. The summed E-state index contributed by atoms with van der Waals surface area (Å²) in [5, 5.41) is 5.57. The molecule has 0 fully saturated rings. The summed E-state index contributed by atoms with van der Waals surface area (Å²) < 4.78 is 39.7. The van der Waals surface area contributed by atoms with Gasteiger partial charge in [-0.3, -0.25) is 9.52 Å². The van der Waals surface area contributed by atoms with Crippen molar-refractivity contribution in [2.75, 3.05) is 10.5 Å². The van der Waals surface area contributed by atoms with Crippen LogP contribution in [0.25, 0.3) is 0 Å². The number of sulfonamides is 1. The number of anilines is 2. The van der Waals surface area contributed by atoms with Crippen LogP contribution in [0.4, 0.5) is 15.9 Å². The summed E-state index contributed by atoms with van der Waals surface area (Å²) in [5.74, 6) is -0.816. The van der Waals surface area contributed by atoms with Gasteiger partial charge in [-0.1, -0.05) is 0 Å². The molecule has 0 aliphatic heterocycles. The number of hydrogen-bond acceptors (Lipinski definition) is 5. The highest BCUT2D eigenvalue weighted by Gasteiger charge is 2.18. The number of nitrogens with one attached hydrogen (secondary N) is 2. The molecule has 0 saturated carbocycles. The SMILES string of the molecule is Cc1c(N)cc(S(=O)(=O)Nc2ccc(=O)[nH]n2)cc1F. The van der Waals surface area contributed by atoms with E-state index in [-0.39, 0.29) is 22.0 Å². The van der Waals surface area contributed by atoms with Gasteiger partial charge < -0.3 is 5.73 Å². The van der Waals surface area contributed by atoms with Crippen LogP contribution in [0.2, 0.25) is 0 Å². The number of aromatic amines is 1. The second kappa shape index (κ2) is 4.93. The normalized spacial score (nSPS) is 11.3. The van der Waals surface area contributed by atoms with E-state index in [9.17, 15) is 17.6 Å². The number of H-pyrrole nitrogens is 1. The van der Waals surface area contributed by atoms with Crippen LogP contribution in [-0.2, 0) is 10.0 Å². The largest absolute Gasteiger partial charge is 0.398 e. The van der Waals surface area contributed by atoms with Crippen molar-refractivity contribution in [3.63, 3.8) is 0 Å². The smallest absolute Gasteiger partial charge is 0.264 e. The number of hydrogen-bond donors (Lipinski definition) is 3. The number of halogens is 1. The number of nitrogens with two attached hydrogens (primary N) is 1. The van der Waals surface area contributed by atoms with Crippen molar-refractivity contribution in [3.05, 3.63) is 46.0 Å². The first-order valence-corrected chi connectivity index (χ1v) is 6.92. The zero-order valence-corrected chi connectivity index (χ0v) is 11.2. The van der Waals surface area contributed by atoms with Crippen LogP contribution < -0.4 is 16.0 Å². The van der Waals surface area contributed by atoms with Gasteiger partial charge in [0, 0.05) is 17.3 Å². The number of rotatable bonds is 3. The fourth-order valence-electron chi connectivity index (χ4n) is 1.43. The molecule has 0 atom stereocenters. The maximum absolute atomic E-state index is 13.5.